The maximum absolute atomic E-state index is 13.0. The SMILES string of the molecule is Cc1nn(Cc2ccccc2C#N)c(C)c1NC(=O)c1cc(C(N)=O)c2ccccc2n1. The Morgan fingerprint density at radius 1 is 1.12 bits per heavy atom. The minimum atomic E-state index is -0.631. The highest BCUT2D eigenvalue weighted by Gasteiger charge is 2.19. The number of hydrogen-bond donors (Lipinski definition) is 2. The average Bonchev–Trinajstić information content (AvgIpc) is 3.05. The van der Waals surface area contributed by atoms with Gasteiger partial charge in [0.25, 0.3) is 5.91 Å². The van der Waals surface area contributed by atoms with E-state index in [0.29, 0.717) is 34.4 Å². The van der Waals surface area contributed by atoms with Gasteiger partial charge in [0.1, 0.15) is 5.69 Å². The monoisotopic (exact) mass is 424 g/mol. The Kier molecular flexibility index (Phi) is 5.39. The van der Waals surface area contributed by atoms with Gasteiger partial charge in [-0.3, -0.25) is 14.3 Å². The number of aryl methyl sites for hydroxylation is 1. The van der Waals surface area contributed by atoms with E-state index in [0.717, 1.165) is 11.3 Å². The maximum Gasteiger partial charge on any atom is 0.274 e. The number of hydrogen-bond acceptors (Lipinski definition) is 5. The number of nitrogens with one attached hydrogen (secondary N) is 1. The molecule has 0 aliphatic rings. The topological polar surface area (TPSA) is 127 Å². The molecular weight excluding hydrogens is 404 g/mol. The quantitative estimate of drug-likeness (QED) is 0.508. The van der Waals surface area contributed by atoms with Crippen molar-refractivity contribution in [2.24, 2.45) is 5.73 Å². The minimum absolute atomic E-state index is 0.0823. The second kappa shape index (κ2) is 8.32. The number of aromatic nitrogens is 3. The van der Waals surface area contributed by atoms with Gasteiger partial charge in [0.15, 0.2) is 0 Å². The first-order chi connectivity index (χ1) is 15.4. The van der Waals surface area contributed by atoms with Crippen LogP contribution in [0.5, 0.6) is 0 Å². The van der Waals surface area contributed by atoms with Gasteiger partial charge < -0.3 is 11.1 Å². The molecule has 0 saturated heterocycles. The Bertz CT molecular complexity index is 1410. The van der Waals surface area contributed by atoms with Crippen LogP contribution in [0.2, 0.25) is 0 Å². The molecule has 4 rings (SSSR count). The lowest BCUT2D eigenvalue weighted by molar-refractivity contribution is 0.100. The van der Waals surface area contributed by atoms with E-state index >= 15 is 0 Å². The summed E-state index contributed by atoms with van der Waals surface area (Å²) in [4.78, 5) is 29.3. The van der Waals surface area contributed by atoms with E-state index < -0.39 is 11.8 Å². The maximum atomic E-state index is 13.0. The van der Waals surface area contributed by atoms with Gasteiger partial charge in [-0.05, 0) is 37.6 Å². The number of primary amides is 1. The second-order valence-electron chi connectivity index (χ2n) is 7.36. The van der Waals surface area contributed by atoms with Crippen molar-refractivity contribution in [2.45, 2.75) is 20.4 Å². The van der Waals surface area contributed by atoms with Gasteiger partial charge in [-0.15, -0.1) is 0 Å². The summed E-state index contributed by atoms with van der Waals surface area (Å²) in [6.07, 6.45) is 0. The standard InChI is InChI=1S/C24H20N6O2/c1-14-22(15(2)30(29-14)13-17-8-4-3-7-16(17)12-25)28-24(32)21-11-19(23(26)31)18-9-5-6-10-20(18)27-21/h3-11H,13H2,1-2H3,(H2,26,31)(H,28,32). The van der Waals surface area contributed by atoms with Crippen molar-refractivity contribution in [2.75, 3.05) is 5.32 Å². The third kappa shape index (κ3) is 3.79. The molecule has 0 aliphatic carbocycles. The lowest BCUT2D eigenvalue weighted by Gasteiger charge is -2.10. The molecular formula is C24H20N6O2. The Morgan fingerprint density at radius 2 is 1.84 bits per heavy atom. The summed E-state index contributed by atoms with van der Waals surface area (Å²) in [7, 11) is 0. The van der Waals surface area contributed by atoms with Crippen molar-refractivity contribution < 1.29 is 9.59 Å². The summed E-state index contributed by atoms with van der Waals surface area (Å²) in [5.74, 6) is -1.10. The average molecular weight is 424 g/mol. The Labute approximate surface area is 184 Å². The third-order valence-electron chi connectivity index (χ3n) is 5.29. The third-order valence-corrected chi connectivity index (χ3v) is 5.29. The number of anilines is 1. The number of carbonyl (C=O) groups is 2. The number of benzene rings is 2. The van der Waals surface area contributed by atoms with Crippen LogP contribution >= 0.6 is 0 Å². The van der Waals surface area contributed by atoms with Crippen LogP contribution in [0.3, 0.4) is 0 Å². The molecule has 32 heavy (non-hydrogen) atoms. The predicted molar refractivity (Wildman–Crippen MR) is 120 cm³/mol. The van der Waals surface area contributed by atoms with E-state index in [1.807, 2.05) is 25.1 Å². The van der Waals surface area contributed by atoms with Crippen LogP contribution in [0.15, 0.2) is 54.6 Å². The zero-order valence-corrected chi connectivity index (χ0v) is 17.6. The first-order valence-corrected chi connectivity index (χ1v) is 9.92. The zero-order valence-electron chi connectivity index (χ0n) is 17.6. The van der Waals surface area contributed by atoms with Gasteiger partial charge in [0, 0.05) is 5.39 Å². The number of nitriles is 1. The largest absolute Gasteiger partial charge is 0.366 e. The number of carbonyl (C=O) groups excluding carboxylic acids is 2. The predicted octanol–water partition coefficient (Wildman–Crippen LogP) is 3.32. The summed E-state index contributed by atoms with van der Waals surface area (Å²) in [6, 6.07) is 17.9. The van der Waals surface area contributed by atoms with Crippen LogP contribution in [0.25, 0.3) is 10.9 Å². The van der Waals surface area contributed by atoms with Gasteiger partial charge in [-0.25, -0.2) is 4.98 Å². The molecule has 0 saturated carbocycles. The molecule has 4 aromatic rings. The van der Waals surface area contributed by atoms with Crippen molar-refractivity contribution in [3.05, 3.63) is 88.4 Å². The van der Waals surface area contributed by atoms with E-state index in [-0.39, 0.29) is 11.3 Å². The summed E-state index contributed by atoms with van der Waals surface area (Å²) < 4.78 is 1.74. The van der Waals surface area contributed by atoms with E-state index in [9.17, 15) is 14.9 Å². The van der Waals surface area contributed by atoms with E-state index in [1.165, 1.54) is 6.07 Å². The summed E-state index contributed by atoms with van der Waals surface area (Å²) in [5.41, 5.74) is 9.66. The van der Waals surface area contributed by atoms with E-state index in [4.69, 9.17) is 5.73 Å². The van der Waals surface area contributed by atoms with Crippen molar-refractivity contribution in [1.82, 2.24) is 14.8 Å². The Hall–Kier alpha value is -4.51. The number of nitrogens with zero attached hydrogens (tertiary/aromatic N) is 4. The molecule has 2 aromatic heterocycles. The van der Waals surface area contributed by atoms with Gasteiger partial charge in [0.05, 0.1) is 46.3 Å². The number of pyridine rings is 1. The van der Waals surface area contributed by atoms with Gasteiger partial charge in [-0.1, -0.05) is 36.4 Å². The van der Waals surface area contributed by atoms with Crippen molar-refractivity contribution >= 4 is 28.4 Å². The van der Waals surface area contributed by atoms with Crippen molar-refractivity contribution in [3.8, 4) is 6.07 Å². The number of amides is 2. The number of fused-ring (bicyclic) bond motifs is 1. The first-order valence-electron chi connectivity index (χ1n) is 9.92. The lowest BCUT2D eigenvalue weighted by atomic mass is 10.1. The summed E-state index contributed by atoms with van der Waals surface area (Å²) in [5, 5.41) is 17.3. The smallest absolute Gasteiger partial charge is 0.274 e. The normalized spacial score (nSPS) is 10.7. The molecule has 0 atom stereocenters. The van der Waals surface area contributed by atoms with Gasteiger partial charge in [0.2, 0.25) is 5.91 Å². The molecule has 2 amide bonds. The van der Waals surface area contributed by atoms with Crippen LogP contribution < -0.4 is 11.1 Å². The number of para-hydroxylation sites is 1. The zero-order chi connectivity index (χ0) is 22.8. The summed E-state index contributed by atoms with van der Waals surface area (Å²) >= 11 is 0. The molecule has 0 spiro atoms. The molecule has 2 heterocycles. The molecule has 0 unspecified atom stereocenters. The highest BCUT2D eigenvalue weighted by molar-refractivity contribution is 6.10. The Morgan fingerprint density at radius 3 is 2.59 bits per heavy atom. The molecule has 0 fully saturated rings. The van der Waals surface area contributed by atoms with Gasteiger partial charge >= 0.3 is 0 Å². The molecule has 8 heteroatoms. The molecule has 158 valence electrons. The van der Waals surface area contributed by atoms with Crippen molar-refractivity contribution in [1.29, 1.82) is 5.26 Å². The fourth-order valence-electron chi connectivity index (χ4n) is 3.63. The van der Waals surface area contributed by atoms with Crippen LogP contribution in [0, 0.1) is 25.2 Å². The number of nitrogens with two attached hydrogens (primary N) is 1. The van der Waals surface area contributed by atoms with Crippen LogP contribution in [-0.2, 0) is 6.54 Å². The van der Waals surface area contributed by atoms with E-state index in [2.05, 4.69) is 21.5 Å². The molecule has 2 aromatic carbocycles. The van der Waals surface area contributed by atoms with Crippen LogP contribution in [-0.4, -0.2) is 26.6 Å². The summed E-state index contributed by atoms with van der Waals surface area (Å²) in [6.45, 7) is 4.03. The highest BCUT2D eigenvalue weighted by Crippen LogP contribution is 2.23. The molecule has 8 nitrogen and oxygen atoms in total. The van der Waals surface area contributed by atoms with Crippen LogP contribution in [0.4, 0.5) is 5.69 Å². The minimum Gasteiger partial charge on any atom is -0.366 e. The van der Waals surface area contributed by atoms with Crippen LogP contribution in [0.1, 0.15) is 43.4 Å². The molecule has 3 N–H and O–H groups in total. The lowest BCUT2D eigenvalue weighted by Crippen LogP contribution is -2.18. The molecule has 0 bridgehead atoms. The molecule has 0 aliphatic heterocycles. The van der Waals surface area contributed by atoms with Gasteiger partial charge in [-0.2, -0.15) is 10.4 Å². The fourth-order valence-corrected chi connectivity index (χ4v) is 3.63. The van der Waals surface area contributed by atoms with Crippen molar-refractivity contribution in [3.63, 3.8) is 0 Å². The second-order valence-corrected chi connectivity index (χ2v) is 7.36. The number of rotatable bonds is 5. The fraction of sp³-hybridized carbons (Fsp3) is 0.125. The first kappa shape index (κ1) is 20.8. The highest BCUT2D eigenvalue weighted by atomic mass is 16.2. The van der Waals surface area contributed by atoms with E-state index in [1.54, 1.807) is 41.9 Å². The molecule has 0 radical (unpaired) electrons. The Balaban J connectivity index is 1.66.